The summed E-state index contributed by atoms with van der Waals surface area (Å²) in [4.78, 5) is 0. The first-order valence-corrected chi connectivity index (χ1v) is 5.58. The van der Waals surface area contributed by atoms with Crippen LogP contribution in [0.5, 0.6) is 0 Å². The van der Waals surface area contributed by atoms with Crippen LogP contribution in [0.25, 0.3) is 0 Å². The van der Waals surface area contributed by atoms with Gasteiger partial charge in [-0.05, 0) is 0 Å². The molecular formula is C5H8ClF3S2. The van der Waals surface area contributed by atoms with Crippen molar-refractivity contribution in [3.63, 3.8) is 0 Å². The second-order valence-corrected chi connectivity index (χ2v) is 4.36. The third-order valence-electron chi connectivity index (χ3n) is 0.715. The molecule has 0 fully saturated rings. The average molecular weight is 225 g/mol. The Hall–Kier alpha value is 0.780. The molecule has 0 rings (SSSR count). The maximum absolute atomic E-state index is 11.5. The molecule has 11 heavy (non-hydrogen) atoms. The van der Waals surface area contributed by atoms with Crippen molar-refractivity contribution in [1.82, 2.24) is 0 Å². The zero-order chi connectivity index (χ0) is 8.74. The highest BCUT2D eigenvalue weighted by molar-refractivity contribution is 8.03. The van der Waals surface area contributed by atoms with Crippen molar-refractivity contribution >= 4 is 35.1 Å². The van der Waals surface area contributed by atoms with Gasteiger partial charge in [-0.3, -0.25) is 0 Å². The van der Waals surface area contributed by atoms with Crippen molar-refractivity contribution in [2.45, 2.75) is 5.51 Å². The lowest BCUT2D eigenvalue weighted by molar-refractivity contribution is -0.0326. The minimum Gasteiger partial charge on any atom is -0.160 e. The topological polar surface area (TPSA) is 0 Å². The van der Waals surface area contributed by atoms with Crippen LogP contribution in [-0.4, -0.2) is 28.6 Å². The van der Waals surface area contributed by atoms with E-state index in [-0.39, 0.29) is 17.5 Å². The highest BCUT2D eigenvalue weighted by Crippen LogP contribution is 2.30. The summed E-state index contributed by atoms with van der Waals surface area (Å²) in [5, 5.41) is 0. The van der Waals surface area contributed by atoms with Gasteiger partial charge in [0.15, 0.2) is 0 Å². The first kappa shape index (κ1) is 11.8. The maximum atomic E-state index is 11.5. The Labute approximate surface area is 77.2 Å². The lowest BCUT2D eigenvalue weighted by Crippen LogP contribution is -2.02. The predicted molar refractivity (Wildman–Crippen MR) is 46.6 cm³/mol. The van der Waals surface area contributed by atoms with Gasteiger partial charge in [0.25, 0.3) is 0 Å². The minimum atomic E-state index is -4.08. The van der Waals surface area contributed by atoms with Gasteiger partial charge in [0.1, 0.15) is 0 Å². The zero-order valence-electron chi connectivity index (χ0n) is 5.66. The Morgan fingerprint density at radius 2 is 1.73 bits per heavy atom. The summed E-state index contributed by atoms with van der Waals surface area (Å²) in [5.41, 5.74) is -4.08. The lowest BCUT2D eigenvalue weighted by Gasteiger charge is -2.03. The standard InChI is InChI=1S/C5H8ClF3S2/c6-1-2-10-3-4-11-5(7,8)9/h1-4H2. The molecule has 0 heterocycles. The van der Waals surface area contributed by atoms with E-state index < -0.39 is 5.51 Å². The van der Waals surface area contributed by atoms with Crippen molar-refractivity contribution in [3.05, 3.63) is 0 Å². The molecule has 0 amide bonds. The summed E-state index contributed by atoms with van der Waals surface area (Å²) in [7, 11) is 0. The Balaban J connectivity index is 3.02. The molecular weight excluding hydrogens is 217 g/mol. The van der Waals surface area contributed by atoms with Crippen molar-refractivity contribution in [2.24, 2.45) is 0 Å². The number of rotatable bonds is 5. The van der Waals surface area contributed by atoms with Gasteiger partial charge >= 0.3 is 5.51 Å². The van der Waals surface area contributed by atoms with Gasteiger partial charge in [-0.2, -0.15) is 24.9 Å². The van der Waals surface area contributed by atoms with Crippen molar-refractivity contribution in [3.8, 4) is 0 Å². The summed E-state index contributed by atoms with van der Waals surface area (Å²) >= 11 is 6.78. The van der Waals surface area contributed by atoms with E-state index in [0.29, 0.717) is 11.6 Å². The second-order valence-electron chi connectivity index (χ2n) is 1.60. The molecule has 0 unspecified atom stereocenters. The van der Waals surface area contributed by atoms with Crippen LogP contribution in [0.15, 0.2) is 0 Å². The predicted octanol–water partition coefficient (Wildman–Crippen LogP) is 3.21. The molecule has 0 bridgehead atoms. The summed E-state index contributed by atoms with van der Waals surface area (Å²) < 4.78 is 34.5. The first-order chi connectivity index (χ1) is 5.06. The molecule has 68 valence electrons. The van der Waals surface area contributed by atoms with Crippen LogP contribution >= 0.6 is 35.1 Å². The fourth-order valence-electron chi connectivity index (χ4n) is 0.373. The fourth-order valence-corrected chi connectivity index (χ4v) is 2.05. The Morgan fingerprint density at radius 1 is 1.09 bits per heavy atom. The van der Waals surface area contributed by atoms with Crippen LogP contribution in [0.1, 0.15) is 0 Å². The largest absolute Gasteiger partial charge is 0.441 e. The molecule has 0 aromatic heterocycles. The van der Waals surface area contributed by atoms with Gasteiger partial charge in [-0.15, -0.1) is 11.6 Å². The Morgan fingerprint density at radius 3 is 2.18 bits per heavy atom. The van der Waals surface area contributed by atoms with Crippen molar-refractivity contribution < 1.29 is 13.2 Å². The van der Waals surface area contributed by atoms with E-state index >= 15 is 0 Å². The van der Waals surface area contributed by atoms with E-state index in [1.54, 1.807) is 0 Å². The molecule has 0 aliphatic carbocycles. The SMILES string of the molecule is FC(F)(F)SCCSCCCl. The van der Waals surface area contributed by atoms with Crippen LogP contribution in [-0.2, 0) is 0 Å². The quantitative estimate of drug-likeness (QED) is 0.520. The van der Waals surface area contributed by atoms with E-state index in [1.165, 1.54) is 11.8 Å². The highest BCUT2D eigenvalue weighted by Gasteiger charge is 2.27. The second kappa shape index (κ2) is 6.31. The molecule has 0 aromatic carbocycles. The van der Waals surface area contributed by atoms with Crippen LogP contribution in [0, 0.1) is 0 Å². The van der Waals surface area contributed by atoms with Crippen molar-refractivity contribution in [1.29, 1.82) is 0 Å². The Kier molecular flexibility index (Phi) is 6.76. The molecule has 0 spiro atoms. The molecule has 0 atom stereocenters. The Bertz CT molecular complexity index is 96.2. The molecule has 0 N–H and O–H groups in total. The average Bonchev–Trinajstić information content (AvgIpc) is 1.85. The first-order valence-electron chi connectivity index (χ1n) is 2.90. The van der Waals surface area contributed by atoms with Gasteiger partial charge in [-0.1, -0.05) is 11.8 Å². The third kappa shape index (κ3) is 10.8. The van der Waals surface area contributed by atoms with Crippen LogP contribution in [0.4, 0.5) is 13.2 Å². The van der Waals surface area contributed by atoms with Gasteiger partial charge in [-0.25, -0.2) is 0 Å². The fraction of sp³-hybridized carbons (Fsp3) is 1.00. The third-order valence-corrected chi connectivity index (χ3v) is 3.11. The number of hydrogen-bond donors (Lipinski definition) is 0. The monoisotopic (exact) mass is 224 g/mol. The smallest absolute Gasteiger partial charge is 0.160 e. The van der Waals surface area contributed by atoms with E-state index in [1.807, 2.05) is 0 Å². The highest BCUT2D eigenvalue weighted by atomic mass is 35.5. The summed E-state index contributed by atoms with van der Waals surface area (Å²) in [5.74, 6) is 1.85. The lowest BCUT2D eigenvalue weighted by atomic mass is 10.9. The van der Waals surface area contributed by atoms with Gasteiger partial charge in [0.2, 0.25) is 0 Å². The van der Waals surface area contributed by atoms with E-state index in [4.69, 9.17) is 11.6 Å². The normalized spacial score (nSPS) is 12.0. The van der Waals surface area contributed by atoms with Crippen molar-refractivity contribution in [2.75, 3.05) is 23.1 Å². The van der Waals surface area contributed by atoms with E-state index in [2.05, 4.69) is 0 Å². The van der Waals surface area contributed by atoms with Crippen LogP contribution in [0.2, 0.25) is 0 Å². The van der Waals surface area contributed by atoms with Crippen LogP contribution in [0.3, 0.4) is 0 Å². The molecule has 0 saturated carbocycles. The van der Waals surface area contributed by atoms with E-state index in [9.17, 15) is 13.2 Å². The van der Waals surface area contributed by atoms with E-state index in [0.717, 1.165) is 5.75 Å². The van der Waals surface area contributed by atoms with Gasteiger partial charge < -0.3 is 0 Å². The number of alkyl halides is 4. The molecule has 0 nitrogen and oxygen atoms in total. The molecule has 0 radical (unpaired) electrons. The number of thioether (sulfide) groups is 2. The molecule has 0 saturated heterocycles. The summed E-state index contributed by atoms with van der Waals surface area (Å²) in [6.45, 7) is 0. The molecule has 6 heteroatoms. The minimum absolute atomic E-state index is 0.0201. The summed E-state index contributed by atoms with van der Waals surface area (Å²) in [6.07, 6.45) is 0. The zero-order valence-corrected chi connectivity index (χ0v) is 8.05. The van der Waals surface area contributed by atoms with Crippen LogP contribution < -0.4 is 0 Å². The molecule has 0 aliphatic rings. The summed E-state index contributed by atoms with van der Waals surface area (Å²) in [6, 6.07) is 0. The number of halogens is 4. The molecule has 0 aliphatic heterocycles. The number of hydrogen-bond acceptors (Lipinski definition) is 2. The molecule has 0 aromatic rings. The maximum Gasteiger partial charge on any atom is 0.441 e. The van der Waals surface area contributed by atoms with Gasteiger partial charge in [0, 0.05) is 23.1 Å². The van der Waals surface area contributed by atoms with Gasteiger partial charge in [0.05, 0.1) is 0 Å².